The van der Waals surface area contributed by atoms with Gasteiger partial charge in [0.1, 0.15) is 5.82 Å². The van der Waals surface area contributed by atoms with Crippen LogP contribution < -0.4 is 5.32 Å². The first-order chi connectivity index (χ1) is 14.2. The van der Waals surface area contributed by atoms with Gasteiger partial charge in [-0.05, 0) is 53.6 Å². The molecule has 1 atom stereocenters. The van der Waals surface area contributed by atoms with E-state index >= 15 is 0 Å². The third-order valence-corrected chi connectivity index (χ3v) is 4.70. The highest BCUT2D eigenvalue weighted by atomic mass is 35.5. The average Bonchev–Trinajstić information content (AvgIpc) is 2.71. The van der Waals surface area contributed by atoms with Gasteiger partial charge in [-0.25, -0.2) is 9.18 Å². The van der Waals surface area contributed by atoms with Crippen LogP contribution in [0.15, 0.2) is 67.0 Å². The number of amides is 2. The number of hydrogen-bond donors (Lipinski definition) is 1. The highest BCUT2D eigenvalue weighted by Crippen LogP contribution is 2.33. The molecule has 0 saturated heterocycles. The third kappa shape index (κ3) is 4.88. The monoisotopic (exact) mass is 437 g/mol. The summed E-state index contributed by atoms with van der Waals surface area (Å²) in [6.07, 6.45) is -1.56. The summed E-state index contributed by atoms with van der Waals surface area (Å²) in [4.78, 5) is 18.0. The molecule has 1 N–H and O–H groups in total. The molecule has 156 valence electrons. The van der Waals surface area contributed by atoms with Gasteiger partial charge >= 0.3 is 12.2 Å². The summed E-state index contributed by atoms with van der Waals surface area (Å²) >= 11 is 5.94. The molecule has 4 nitrogen and oxygen atoms in total. The van der Waals surface area contributed by atoms with Gasteiger partial charge in [0, 0.05) is 24.5 Å². The third-order valence-electron chi connectivity index (χ3n) is 4.45. The van der Waals surface area contributed by atoms with Gasteiger partial charge < -0.3 is 10.2 Å². The lowest BCUT2D eigenvalue weighted by atomic mass is 9.98. The van der Waals surface area contributed by atoms with Crippen LogP contribution in [0.1, 0.15) is 22.7 Å². The van der Waals surface area contributed by atoms with E-state index in [0.29, 0.717) is 34.3 Å². The number of alkyl halides is 3. The number of halogens is 5. The van der Waals surface area contributed by atoms with Crippen LogP contribution in [0.2, 0.25) is 5.02 Å². The Morgan fingerprint density at radius 2 is 1.63 bits per heavy atom. The molecule has 2 aromatic carbocycles. The van der Waals surface area contributed by atoms with Gasteiger partial charge in [0.25, 0.3) is 0 Å². The first kappa shape index (κ1) is 21.6. The lowest BCUT2D eigenvalue weighted by molar-refractivity contribution is -0.137. The van der Waals surface area contributed by atoms with Crippen molar-refractivity contribution in [1.82, 2.24) is 9.88 Å². The number of benzene rings is 2. The number of urea groups is 1. The van der Waals surface area contributed by atoms with Crippen molar-refractivity contribution in [3.05, 3.63) is 94.5 Å². The zero-order valence-corrected chi connectivity index (χ0v) is 16.4. The highest BCUT2D eigenvalue weighted by Gasteiger charge is 2.32. The molecule has 1 unspecified atom stereocenters. The number of hydrogen-bond acceptors (Lipinski definition) is 2. The van der Waals surface area contributed by atoms with Crippen molar-refractivity contribution < 1.29 is 22.4 Å². The molecular formula is C21H16ClF4N3O. The minimum Gasteiger partial charge on any atom is -0.316 e. The molecule has 2 amide bonds. The molecule has 0 bridgehead atoms. The number of anilines is 1. The predicted molar refractivity (Wildman–Crippen MR) is 106 cm³/mol. The van der Waals surface area contributed by atoms with Crippen LogP contribution in [-0.2, 0) is 6.18 Å². The quantitative estimate of drug-likeness (QED) is 0.498. The molecule has 0 aliphatic carbocycles. The molecule has 0 saturated carbocycles. The summed E-state index contributed by atoms with van der Waals surface area (Å²) in [5.41, 5.74) is -0.223. The van der Waals surface area contributed by atoms with Crippen LogP contribution in [0, 0.1) is 5.82 Å². The fourth-order valence-electron chi connectivity index (χ4n) is 2.95. The van der Waals surface area contributed by atoms with Gasteiger partial charge in [0.2, 0.25) is 0 Å². The van der Waals surface area contributed by atoms with Crippen molar-refractivity contribution in [1.29, 1.82) is 0 Å². The summed E-state index contributed by atoms with van der Waals surface area (Å²) < 4.78 is 52.9. The van der Waals surface area contributed by atoms with Crippen LogP contribution in [0.3, 0.4) is 0 Å². The molecule has 0 fully saturated rings. The first-order valence-electron chi connectivity index (χ1n) is 8.73. The molecule has 9 heteroatoms. The van der Waals surface area contributed by atoms with Gasteiger partial charge in [0.15, 0.2) is 0 Å². The van der Waals surface area contributed by atoms with Crippen LogP contribution in [0.5, 0.6) is 0 Å². The Morgan fingerprint density at radius 1 is 1.03 bits per heavy atom. The zero-order valence-electron chi connectivity index (χ0n) is 15.6. The largest absolute Gasteiger partial charge is 0.416 e. The average molecular weight is 438 g/mol. The van der Waals surface area contributed by atoms with E-state index in [0.717, 1.165) is 0 Å². The minimum atomic E-state index is -4.66. The number of rotatable bonds is 4. The molecule has 0 spiro atoms. The summed E-state index contributed by atoms with van der Waals surface area (Å²) in [6, 6.07) is 10.6. The van der Waals surface area contributed by atoms with Gasteiger partial charge in [-0.2, -0.15) is 13.2 Å². The maximum Gasteiger partial charge on any atom is 0.416 e. The summed E-state index contributed by atoms with van der Waals surface area (Å²) in [7, 11) is 1.46. The smallest absolute Gasteiger partial charge is 0.316 e. The summed E-state index contributed by atoms with van der Waals surface area (Å²) in [5.74, 6) is -0.975. The van der Waals surface area contributed by atoms with Gasteiger partial charge in [-0.1, -0.05) is 23.7 Å². The lowest BCUT2D eigenvalue weighted by Gasteiger charge is -2.29. The van der Waals surface area contributed by atoms with E-state index in [9.17, 15) is 22.4 Å². The van der Waals surface area contributed by atoms with Gasteiger partial charge in [-0.3, -0.25) is 4.98 Å². The standard InChI is InChI=1S/C21H16ClF4N3O/c1-29(20(30)28-18-12-15(21(24,25)26)4-7-17(18)23)19(14-8-10-27-11-9-14)13-2-5-16(22)6-3-13/h2-12,19H,1H3,(H,28,30). The topological polar surface area (TPSA) is 45.2 Å². The number of nitrogens with zero attached hydrogens (tertiary/aromatic N) is 2. The molecule has 0 radical (unpaired) electrons. The van der Waals surface area contributed by atoms with Crippen molar-refractivity contribution in [2.45, 2.75) is 12.2 Å². The maximum atomic E-state index is 14.0. The number of carbonyl (C=O) groups is 1. The number of pyridine rings is 1. The van der Waals surface area contributed by atoms with Crippen molar-refractivity contribution in [3.8, 4) is 0 Å². The van der Waals surface area contributed by atoms with E-state index in [2.05, 4.69) is 10.3 Å². The molecule has 0 aliphatic heterocycles. The van der Waals surface area contributed by atoms with Crippen molar-refractivity contribution in [3.63, 3.8) is 0 Å². The summed E-state index contributed by atoms with van der Waals surface area (Å²) in [6.45, 7) is 0. The molecule has 1 aromatic heterocycles. The second-order valence-corrected chi connectivity index (χ2v) is 6.90. The van der Waals surface area contributed by atoms with Crippen molar-refractivity contribution in [2.24, 2.45) is 0 Å². The molecule has 3 rings (SSSR count). The summed E-state index contributed by atoms with van der Waals surface area (Å²) in [5, 5.41) is 2.73. The Balaban J connectivity index is 1.93. The molecule has 3 aromatic rings. The Hall–Kier alpha value is -3.13. The van der Waals surface area contributed by atoms with Crippen LogP contribution in [0.25, 0.3) is 0 Å². The van der Waals surface area contributed by atoms with E-state index in [-0.39, 0.29) is 0 Å². The Bertz CT molecular complexity index is 1030. The van der Waals surface area contributed by atoms with Crippen LogP contribution >= 0.6 is 11.6 Å². The number of nitrogens with one attached hydrogen (secondary N) is 1. The second-order valence-electron chi connectivity index (χ2n) is 6.47. The van der Waals surface area contributed by atoms with E-state index in [1.807, 2.05) is 0 Å². The van der Waals surface area contributed by atoms with Crippen molar-refractivity contribution in [2.75, 3.05) is 12.4 Å². The minimum absolute atomic E-state index is 0.505. The Kier molecular flexibility index (Phi) is 6.26. The zero-order chi connectivity index (χ0) is 21.9. The number of carbonyl (C=O) groups excluding carboxylic acids is 1. The number of aromatic nitrogens is 1. The molecule has 30 heavy (non-hydrogen) atoms. The molecule has 0 aliphatic rings. The van der Waals surface area contributed by atoms with E-state index in [1.165, 1.54) is 11.9 Å². The second kappa shape index (κ2) is 8.71. The fraction of sp³-hybridized carbons (Fsp3) is 0.143. The molecule has 1 heterocycles. The Labute approximate surface area is 175 Å². The van der Waals surface area contributed by atoms with E-state index < -0.39 is 35.3 Å². The first-order valence-corrected chi connectivity index (χ1v) is 9.10. The Morgan fingerprint density at radius 3 is 2.23 bits per heavy atom. The van der Waals surface area contributed by atoms with E-state index in [1.54, 1.807) is 48.8 Å². The molecular weight excluding hydrogens is 422 g/mol. The van der Waals surface area contributed by atoms with Crippen LogP contribution in [0.4, 0.5) is 28.0 Å². The highest BCUT2D eigenvalue weighted by molar-refractivity contribution is 6.30. The van der Waals surface area contributed by atoms with Crippen molar-refractivity contribution >= 4 is 23.3 Å². The predicted octanol–water partition coefficient (Wildman–Crippen LogP) is 6.15. The maximum absolute atomic E-state index is 14.0. The SMILES string of the molecule is CN(C(=O)Nc1cc(C(F)(F)F)ccc1F)C(c1ccncc1)c1ccc(Cl)cc1. The fourth-order valence-corrected chi connectivity index (χ4v) is 3.07. The van der Waals surface area contributed by atoms with Gasteiger partial charge in [-0.15, -0.1) is 0 Å². The van der Waals surface area contributed by atoms with Gasteiger partial charge in [0.05, 0.1) is 17.3 Å². The van der Waals surface area contributed by atoms with E-state index in [4.69, 9.17) is 11.6 Å². The normalized spacial score (nSPS) is 12.3. The van der Waals surface area contributed by atoms with Crippen LogP contribution in [-0.4, -0.2) is 23.0 Å². The lowest BCUT2D eigenvalue weighted by Crippen LogP contribution is -2.35.